The monoisotopic (exact) mass is 371 g/mol. The van der Waals surface area contributed by atoms with Crippen molar-refractivity contribution in [1.82, 2.24) is 15.1 Å². The van der Waals surface area contributed by atoms with E-state index in [4.69, 9.17) is 0 Å². The topological polar surface area (TPSA) is 52.7 Å². The Hall–Kier alpha value is -2.14. The molecule has 0 atom stereocenters. The number of carbonyl (C=O) groups is 2. The molecule has 0 aromatic heterocycles. The lowest BCUT2D eigenvalue weighted by molar-refractivity contribution is -0.150. The largest absolute Gasteiger partial charge is 0.349 e. The lowest BCUT2D eigenvalue weighted by atomic mass is 9.83. The number of amides is 2. The van der Waals surface area contributed by atoms with Gasteiger partial charge in [0.15, 0.2) is 0 Å². The zero-order valence-corrected chi connectivity index (χ0v) is 17.3. The lowest BCUT2D eigenvalue weighted by Crippen LogP contribution is -2.65. The fourth-order valence-corrected chi connectivity index (χ4v) is 3.50. The van der Waals surface area contributed by atoms with Crippen molar-refractivity contribution in [3.8, 4) is 0 Å². The summed E-state index contributed by atoms with van der Waals surface area (Å²) in [5.74, 6) is -0.174. The van der Waals surface area contributed by atoms with Gasteiger partial charge in [0.2, 0.25) is 11.8 Å². The molecule has 1 aromatic carbocycles. The lowest BCUT2D eigenvalue weighted by Gasteiger charge is -2.47. The molecule has 0 bridgehead atoms. The summed E-state index contributed by atoms with van der Waals surface area (Å²) in [6, 6.07) is 9.88. The normalized spacial score (nSPS) is 17.7. The van der Waals surface area contributed by atoms with Crippen LogP contribution in [0.25, 0.3) is 0 Å². The standard InChI is InChI=1S/C22H33N3O2/c1-6-10-19(26)25(17-18-11-8-7-9-12-18)22(13-15-24(5)16-14-22)20(27)23-21(2,3)4/h6-12H,13-17H2,1-5H3,(H,23,27)/b10-6+. The van der Waals surface area contributed by atoms with Crippen LogP contribution in [0.3, 0.4) is 0 Å². The third kappa shape index (κ3) is 5.42. The van der Waals surface area contributed by atoms with E-state index in [-0.39, 0.29) is 17.4 Å². The first-order valence-electron chi connectivity index (χ1n) is 9.67. The van der Waals surface area contributed by atoms with Gasteiger partial charge in [-0.2, -0.15) is 0 Å². The van der Waals surface area contributed by atoms with Crippen molar-refractivity contribution in [3.05, 3.63) is 48.0 Å². The van der Waals surface area contributed by atoms with Crippen molar-refractivity contribution in [2.45, 2.75) is 58.2 Å². The minimum atomic E-state index is -0.841. The van der Waals surface area contributed by atoms with Crippen LogP contribution in [0.15, 0.2) is 42.5 Å². The number of allylic oxidation sites excluding steroid dienone is 1. The van der Waals surface area contributed by atoms with Crippen molar-refractivity contribution in [2.75, 3.05) is 20.1 Å². The van der Waals surface area contributed by atoms with Crippen LogP contribution in [0.1, 0.15) is 46.1 Å². The van der Waals surface area contributed by atoms with E-state index < -0.39 is 5.54 Å². The summed E-state index contributed by atoms with van der Waals surface area (Å²) in [6.45, 7) is 9.74. The van der Waals surface area contributed by atoms with Crippen LogP contribution in [-0.4, -0.2) is 52.8 Å². The van der Waals surface area contributed by atoms with Crippen molar-refractivity contribution in [3.63, 3.8) is 0 Å². The summed E-state index contributed by atoms with van der Waals surface area (Å²) in [4.78, 5) is 30.5. The Balaban J connectivity index is 2.45. The second-order valence-corrected chi connectivity index (χ2v) is 8.45. The van der Waals surface area contributed by atoms with Crippen molar-refractivity contribution >= 4 is 11.8 Å². The number of hydrogen-bond donors (Lipinski definition) is 1. The molecule has 1 saturated heterocycles. The molecule has 1 heterocycles. The average Bonchev–Trinajstić information content (AvgIpc) is 2.60. The number of likely N-dealkylation sites (tertiary alicyclic amines) is 1. The molecule has 5 nitrogen and oxygen atoms in total. The minimum absolute atomic E-state index is 0.0584. The highest BCUT2D eigenvalue weighted by Gasteiger charge is 2.48. The van der Waals surface area contributed by atoms with E-state index in [9.17, 15) is 9.59 Å². The molecule has 27 heavy (non-hydrogen) atoms. The third-order valence-electron chi connectivity index (χ3n) is 5.00. The van der Waals surface area contributed by atoms with Crippen molar-refractivity contribution in [1.29, 1.82) is 0 Å². The highest BCUT2D eigenvalue weighted by molar-refractivity contribution is 5.96. The average molecular weight is 372 g/mol. The first-order valence-corrected chi connectivity index (χ1v) is 9.67. The molecule has 0 spiro atoms. The Morgan fingerprint density at radius 2 is 1.78 bits per heavy atom. The van der Waals surface area contributed by atoms with Crippen LogP contribution in [0.5, 0.6) is 0 Å². The Bertz CT molecular complexity index is 669. The number of benzene rings is 1. The van der Waals surface area contributed by atoms with Crippen LogP contribution in [0.2, 0.25) is 0 Å². The number of hydrogen-bond acceptors (Lipinski definition) is 3. The maximum absolute atomic E-state index is 13.4. The predicted octanol–water partition coefficient (Wildman–Crippen LogP) is 2.97. The minimum Gasteiger partial charge on any atom is -0.349 e. The van der Waals surface area contributed by atoms with Crippen molar-refractivity contribution in [2.24, 2.45) is 0 Å². The van der Waals surface area contributed by atoms with E-state index in [1.165, 1.54) is 0 Å². The van der Waals surface area contributed by atoms with E-state index in [1.54, 1.807) is 17.1 Å². The van der Waals surface area contributed by atoms with Gasteiger partial charge in [-0.05, 0) is 59.2 Å². The van der Waals surface area contributed by atoms with Gasteiger partial charge < -0.3 is 15.1 Å². The zero-order valence-electron chi connectivity index (χ0n) is 17.3. The van der Waals surface area contributed by atoms with Gasteiger partial charge in [0.05, 0.1) is 0 Å². The molecular weight excluding hydrogens is 338 g/mol. The second-order valence-electron chi connectivity index (χ2n) is 8.45. The van der Waals surface area contributed by atoms with Gasteiger partial charge in [0.25, 0.3) is 0 Å². The van der Waals surface area contributed by atoms with Gasteiger partial charge >= 0.3 is 0 Å². The van der Waals surface area contributed by atoms with Crippen molar-refractivity contribution < 1.29 is 9.59 Å². The number of rotatable bonds is 5. The molecule has 148 valence electrons. The maximum Gasteiger partial charge on any atom is 0.247 e. The summed E-state index contributed by atoms with van der Waals surface area (Å²) in [6.07, 6.45) is 4.56. The molecule has 1 aliphatic rings. The van der Waals surface area contributed by atoms with Gasteiger partial charge in [0, 0.05) is 25.2 Å². The number of piperidine rings is 1. The molecule has 0 saturated carbocycles. The first kappa shape index (κ1) is 21.2. The van der Waals surface area contributed by atoms with Gasteiger partial charge in [-0.25, -0.2) is 0 Å². The van der Waals surface area contributed by atoms with Gasteiger partial charge in [-0.1, -0.05) is 36.4 Å². The highest BCUT2D eigenvalue weighted by Crippen LogP contribution is 2.32. The van der Waals surface area contributed by atoms with Gasteiger partial charge in [-0.15, -0.1) is 0 Å². The number of nitrogens with one attached hydrogen (secondary N) is 1. The summed E-state index contributed by atoms with van der Waals surface area (Å²) >= 11 is 0. The van der Waals surface area contributed by atoms with Gasteiger partial charge in [0.1, 0.15) is 5.54 Å². The Kier molecular flexibility index (Phi) is 6.82. The summed E-state index contributed by atoms with van der Waals surface area (Å²) in [5, 5.41) is 3.13. The van der Waals surface area contributed by atoms with Crippen LogP contribution < -0.4 is 5.32 Å². The Morgan fingerprint density at radius 1 is 1.19 bits per heavy atom. The Labute approximate surface area is 163 Å². The maximum atomic E-state index is 13.4. The van der Waals surface area contributed by atoms with E-state index in [0.717, 1.165) is 18.7 Å². The van der Waals surface area contributed by atoms with E-state index in [1.807, 2.05) is 58.0 Å². The molecule has 1 fully saturated rings. The van der Waals surface area contributed by atoms with Crippen LogP contribution >= 0.6 is 0 Å². The highest BCUT2D eigenvalue weighted by atomic mass is 16.2. The molecule has 2 rings (SSSR count). The van der Waals surface area contributed by atoms with Crippen LogP contribution in [-0.2, 0) is 16.1 Å². The van der Waals surface area contributed by atoms with E-state index in [2.05, 4.69) is 17.3 Å². The Morgan fingerprint density at radius 3 is 2.30 bits per heavy atom. The molecule has 0 aliphatic carbocycles. The zero-order chi connectivity index (χ0) is 20.1. The van der Waals surface area contributed by atoms with Crippen LogP contribution in [0, 0.1) is 0 Å². The quantitative estimate of drug-likeness (QED) is 0.810. The molecule has 5 heteroatoms. The fraction of sp³-hybridized carbons (Fsp3) is 0.545. The first-order chi connectivity index (χ1) is 12.7. The summed E-state index contributed by atoms with van der Waals surface area (Å²) < 4.78 is 0. The summed E-state index contributed by atoms with van der Waals surface area (Å²) in [5.41, 5.74) is -0.168. The fourth-order valence-electron chi connectivity index (χ4n) is 3.50. The molecule has 0 unspecified atom stereocenters. The van der Waals surface area contributed by atoms with Gasteiger partial charge in [-0.3, -0.25) is 9.59 Å². The third-order valence-corrected chi connectivity index (χ3v) is 5.00. The van der Waals surface area contributed by atoms with E-state index >= 15 is 0 Å². The molecule has 1 aliphatic heterocycles. The number of nitrogens with zero attached hydrogens (tertiary/aromatic N) is 2. The van der Waals surface area contributed by atoms with E-state index in [0.29, 0.717) is 19.4 Å². The SMILES string of the molecule is C/C=C/C(=O)N(Cc1ccccc1)C1(C(=O)NC(C)(C)C)CCN(C)CC1. The van der Waals surface area contributed by atoms with Crippen LogP contribution in [0.4, 0.5) is 0 Å². The smallest absolute Gasteiger partial charge is 0.247 e. The second kappa shape index (κ2) is 8.70. The molecule has 2 amide bonds. The number of carbonyl (C=O) groups excluding carboxylic acids is 2. The predicted molar refractivity (Wildman–Crippen MR) is 109 cm³/mol. The molecule has 0 radical (unpaired) electrons. The molecular formula is C22H33N3O2. The molecule has 1 N–H and O–H groups in total. The molecule has 1 aromatic rings. The summed E-state index contributed by atoms with van der Waals surface area (Å²) in [7, 11) is 2.06.